The number of anilines is 1. The average Bonchev–Trinajstić information content (AvgIpc) is 3.44. The molecule has 0 saturated carbocycles. The van der Waals surface area contributed by atoms with E-state index in [1.165, 1.54) is 12.1 Å². The van der Waals surface area contributed by atoms with Crippen molar-refractivity contribution in [3.05, 3.63) is 64.2 Å². The Balaban J connectivity index is 1.61. The monoisotopic (exact) mass is 465 g/mol. The van der Waals surface area contributed by atoms with Crippen LogP contribution in [-0.2, 0) is 22.2 Å². The van der Waals surface area contributed by atoms with E-state index in [1.807, 2.05) is 11.0 Å². The van der Waals surface area contributed by atoms with Gasteiger partial charge in [-0.2, -0.15) is 18.4 Å². The van der Waals surface area contributed by atoms with Crippen molar-refractivity contribution in [2.75, 3.05) is 37.7 Å². The van der Waals surface area contributed by atoms with Crippen LogP contribution in [0, 0.1) is 11.3 Å². The second-order valence-corrected chi connectivity index (χ2v) is 8.34. The van der Waals surface area contributed by atoms with Crippen LogP contribution in [-0.4, -0.2) is 50.1 Å². The molecule has 32 heavy (non-hydrogen) atoms. The number of ether oxygens (including phenoxy) is 2. The Bertz CT molecular complexity index is 989. The lowest BCUT2D eigenvalue weighted by atomic mass is 10.0. The molecule has 2 aliphatic heterocycles. The molecule has 0 spiro atoms. The number of benzene rings is 2. The van der Waals surface area contributed by atoms with E-state index >= 15 is 0 Å². The molecule has 2 aliphatic rings. The third kappa shape index (κ3) is 5.18. The molecule has 0 N–H and O–H groups in total. The van der Waals surface area contributed by atoms with Crippen molar-refractivity contribution in [1.29, 1.82) is 5.26 Å². The number of hydrogen-bond donors (Lipinski definition) is 0. The molecular weight excluding hydrogens is 443 g/mol. The highest BCUT2D eigenvalue weighted by Crippen LogP contribution is 2.35. The molecule has 0 unspecified atom stereocenters. The van der Waals surface area contributed by atoms with E-state index in [9.17, 15) is 18.4 Å². The van der Waals surface area contributed by atoms with Crippen LogP contribution in [0.15, 0.2) is 42.5 Å². The van der Waals surface area contributed by atoms with E-state index in [0.717, 1.165) is 19.0 Å². The topological polar surface area (TPSA) is 48.7 Å². The summed E-state index contributed by atoms with van der Waals surface area (Å²) in [6, 6.07) is 12.6. The van der Waals surface area contributed by atoms with Crippen molar-refractivity contribution in [2.45, 2.75) is 31.5 Å². The number of rotatable bonds is 6. The Labute approximate surface area is 189 Å². The zero-order valence-corrected chi connectivity index (χ0v) is 18.1. The van der Waals surface area contributed by atoms with Gasteiger partial charge in [0.25, 0.3) is 0 Å². The Morgan fingerprint density at radius 3 is 2.59 bits per heavy atom. The highest BCUT2D eigenvalue weighted by Gasteiger charge is 2.35. The lowest BCUT2D eigenvalue weighted by Gasteiger charge is -2.33. The van der Waals surface area contributed by atoms with Gasteiger partial charge >= 0.3 is 6.18 Å². The minimum Gasteiger partial charge on any atom is -0.363 e. The fraction of sp³-hybridized carbons (Fsp3) is 0.435. The Morgan fingerprint density at radius 2 is 1.91 bits per heavy atom. The van der Waals surface area contributed by atoms with Crippen LogP contribution in [0.1, 0.15) is 23.1 Å². The van der Waals surface area contributed by atoms with Crippen molar-refractivity contribution < 1.29 is 22.6 Å². The molecule has 4 rings (SSSR count). The van der Waals surface area contributed by atoms with Crippen LogP contribution >= 0.6 is 11.6 Å². The highest BCUT2D eigenvalue weighted by molar-refractivity contribution is 6.32. The van der Waals surface area contributed by atoms with Crippen LogP contribution in [0.4, 0.5) is 18.9 Å². The van der Waals surface area contributed by atoms with Gasteiger partial charge in [-0.1, -0.05) is 29.8 Å². The average molecular weight is 466 g/mol. The maximum absolute atomic E-state index is 13.6. The number of nitrogens with zero attached hydrogens (tertiary/aromatic N) is 3. The van der Waals surface area contributed by atoms with E-state index in [0.29, 0.717) is 37.6 Å². The summed E-state index contributed by atoms with van der Waals surface area (Å²) < 4.78 is 51.9. The normalized spacial score (nSPS) is 19.9. The number of halogens is 4. The first-order valence-electron chi connectivity index (χ1n) is 10.4. The third-order valence-corrected chi connectivity index (χ3v) is 6.17. The van der Waals surface area contributed by atoms with Gasteiger partial charge in [0.15, 0.2) is 6.29 Å². The zero-order chi connectivity index (χ0) is 22.7. The summed E-state index contributed by atoms with van der Waals surface area (Å²) in [6.45, 7) is 3.30. The van der Waals surface area contributed by atoms with Crippen LogP contribution in [0.5, 0.6) is 0 Å². The fourth-order valence-electron chi connectivity index (χ4n) is 4.28. The quantitative estimate of drug-likeness (QED) is 0.619. The van der Waals surface area contributed by atoms with Gasteiger partial charge < -0.3 is 14.4 Å². The Hall–Kier alpha value is -2.31. The molecule has 0 radical (unpaired) electrons. The zero-order valence-electron chi connectivity index (χ0n) is 17.3. The molecule has 1 atom stereocenters. The molecule has 2 aromatic rings. The largest absolute Gasteiger partial charge is 0.416 e. The van der Waals surface area contributed by atoms with Gasteiger partial charge in [-0.25, -0.2) is 0 Å². The fourth-order valence-corrected chi connectivity index (χ4v) is 4.50. The van der Waals surface area contributed by atoms with E-state index < -0.39 is 11.7 Å². The van der Waals surface area contributed by atoms with E-state index in [4.69, 9.17) is 21.1 Å². The lowest BCUT2D eigenvalue weighted by molar-refractivity contribution is -0.138. The Kier molecular flexibility index (Phi) is 6.91. The summed E-state index contributed by atoms with van der Waals surface area (Å²) in [4.78, 5) is 4.16. The molecule has 2 saturated heterocycles. The molecule has 5 nitrogen and oxygen atoms in total. The van der Waals surface area contributed by atoms with Crippen LogP contribution in [0.3, 0.4) is 0 Å². The first kappa shape index (κ1) is 22.9. The van der Waals surface area contributed by atoms with Crippen molar-refractivity contribution >= 4 is 17.3 Å². The summed E-state index contributed by atoms with van der Waals surface area (Å²) in [6.07, 6.45) is -3.93. The molecule has 0 amide bonds. The molecule has 2 aromatic carbocycles. The molecule has 0 aromatic heterocycles. The van der Waals surface area contributed by atoms with Crippen molar-refractivity contribution in [1.82, 2.24) is 4.90 Å². The minimum absolute atomic E-state index is 0.0262. The van der Waals surface area contributed by atoms with Crippen molar-refractivity contribution in [3.8, 4) is 6.07 Å². The first-order valence-corrected chi connectivity index (χ1v) is 10.8. The van der Waals surface area contributed by atoms with Gasteiger partial charge in [0.05, 0.1) is 29.4 Å². The molecule has 2 fully saturated rings. The van der Waals surface area contributed by atoms with Gasteiger partial charge in [-0.05, 0) is 36.2 Å². The second kappa shape index (κ2) is 9.67. The van der Waals surface area contributed by atoms with E-state index in [2.05, 4.69) is 4.90 Å². The summed E-state index contributed by atoms with van der Waals surface area (Å²) in [5.41, 5.74) is 0.564. The highest BCUT2D eigenvalue weighted by atomic mass is 35.5. The second-order valence-electron chi connectivity index (χ2n) is 7.93. The predicted octanol–water partition coefficient (Wildman–Crippen LogP) is 4.68. The summed E-state index contributed by atoms with van der Waals surface area (Å²) in [7, 11) is 0. The number of likely N-dealkylation sites (tertiary alicyclic amines) is 1. The Morgan fingerprint density at radius 1 is 1.16 bits per heavy atom. The van der Waals surface area contributed by atoms with Gasteiger partial charge in [-0.15, -0.1) is 0 Å². The van der Waals surface area contributed by atoms with Gasteiger partial charge in [0.1, 0.15) is 6.07 Å². The van der Waals surface area contributed by atoms with Crippen molar-refractivity contribution in [2.24, 2.45) is 0 Å². The maximum atomic E-state index is 13.6. The van der Waals surface area contributed by atoms with Gasteiger partial charge in [0, 0.05) is 37.9 Å². The number of nitriles is 1. The third-order valence-electron chi connectivity index (χ3n) is 5.85. The van der Waals surface area contributed by atoms with E-state index in [1.54, 1.807) is 24.3 Å². The number of hydrogen-bond acceptors (Lipinski definition) is 5. The van der Waals surface area contributed by atoms with Gasteiger partial charge in [-0.3, -0.25) is 4.90 Å². The summed E-state index contributed by atoms with van der Waals surface area (Å²) in [5.74, 6) is 0. The molecule has 0 aliphatic carbocycles. The van der Waals surface area contributed by atoms with E-state index in [-0.39, 0.29) is 29.5 Å². The first-order chi connectivity index (χ1) is 15.3. The van der Waals surface area contributed by atoms with Crippen LogP contribution < -0.4 is 4.90 Å². The lowest BCUT2D eigenvalue weighted by Crippen LogP contribution is -2.39. The molecular formula is C23H23ClF3N3O2. The molecule has 9 heteroatoms. The minimum atomic E-state index is -4.44. The predicted molar refractivity (Wildman–Crippen MR) is 114 cm³/mol. The SMILES string of the molecule is N#Cc1ccc(N(Cc2ccccc2C(F)(F)F)[C@H]2CCN(CC3OCCO3)C2)cc1Cl. The maximum Gasteiger partial charge on any atom is 0.416 e. The molecule has 2 heterocycles. The van der Waals surface area contributed by atoms with Gasteiger partial charge in [0.2, 0.25) is 0 Å². The summed E-state index contributed by atoms with van der Waals surface area (Å²) in [5, 5.41) is 9.47. The smallest absolute Gasteiger partial charge is 0.363 e. The standard InChI is InChI=1S/C23H23ClF3N3O2/c24-21-11-18(6-5-16(21)12-28)30(13-17-3-1-2-4-20(17)23(25,26)27)19-7-8-29(14-19)15-22-31-9-10-32-22/h1-6,11,19,22H,7-10,13-15H2/t19-/m0/s1. The van der Waals surface area contributed by atoms with Crippen molar-refractivity contribution in [3.63, 3.8) is 0 Å². The number of alkyl halides is 3. The van der Waals surface area contributed by atoms with Crippen LogP contribution in [0.2, 0.25) is 5.02 Å². The summed E-state index contributed by atoms with van der Waals surface area (Å²) >= 11 is 6.26. The van der Waals surface area contributed by atoms with Crippen LogP contribution in [0.25, 0.3) is 0 Å². The molecule has 170 valence electrons. The molecule has 0 bridgehead atoms.